The van der Waals surface area contributed by atoms with Crippen LogP contribution in [0.15, 0.2) is 30.0 Å². The predicted octanol–water partition coefficient (Wildman–Crippen LogP) is 8.34. The van der Waals surface area contributed by atoms with E-state index in [0.717, 1.165) is 6.07 Å². The quantitative estimate of drug-likeness (QED) is 0.134. The van der Waals surface area contributed by atoms with Crippen molar-refractivity contribution in [2.45, 2.75) is 63.5 Å². The van der Waals surface area contributed by atoms with Crippen LogP contribution in [0, 0.1) is 0 Å². The number of anilines is 2. The number of alkyl halides is 9. The van der Waals surface area contributed by atoms with Gasteiger partial charge in [0.25, 0.3) is 0 Å². The van der Waals surface area contributed by atoms with E-state index in [2.05, 4.69) is 10.1 Å². The van der Waals surface area contributed by atoms with Gasteiger partial charge in [-0.2, -0.15) is 48.3 Å². The largest absolute Gasteiger partial charge is 0.460 e. The Bertz CT molecular complexity index is 1060. The molecule has 0 aliphatic heterocycles. The molecule has 0 bridgehead atoms. The van der Waals surface area contributed by atoms with Gasteiger partial charge in [0.2, 0.25) is 5.83 Å². The number of halogens is 11. The molecule has 0 atom stereocenters. The van der Waals surface area contributed by atoms with Crippen molar-refractivity contribution in [3.63, 3.8) is 0 Å². The molecule has 1 aromatic rings. The van der Waals surface area contributed by atoms with Gasteiger partial charge >= 0.3 is 42.1 Å². The Morgan fingerprint density at radius 2 is 1.23 bits per heavy atom. The standard InChI is InChI=1S/C22H23F11N2O5/c1-3-5-9-38-17(36)34-13-8-7-12(11-14(13)35-18(37)39-10-6-4-2)40-16(24)15(23)19(25,26)20(27,28)21(29,30)22(31,32)33/h7-8,11H,3-6,9-10H2,1-2H3,(H,34,36)(H,35,37). The first kappa shape index (κ1) is 34.6. The fraction of sp³-hybridized carbons (Fsp3) is 0.545. The molecule has 0 radical (unpaired) electrons. The van der Waals surface area contributed by atoms with Crippen LogP contribution in [-0.2, 0) is 9.47 Å². The second kappa shape index (κ2) is 13.7. The number of carbonyl (C=O) groups excluding carboxylic acids is 2. The van der Waals surface area contributed by atoms with E-state index in [1.54, 1.807) is 13.8 Å². The van der Waals surface area contributed by atoms with Gasteiger partial charge in [-0.25, -0.2) is 9.59 Å². The number of allylic oxidation sites excluding steroid dienone is 1. The van der Waals surface area contributed by atoms with Crippen molar-refractivity contribution in [3.05, 3.63) is 30.0 Å². The van der Waals surface area contributed by atoms with E-state index in [0.29, 0.717) is 37.8 Å². The van der Waals surface area contributed by atoms with Crippen LogP contribution >= 0.6 is 0 Å². The molecule has 18 heteroatoms. The van der Waals surface area contributed by atoms with Crippen molar-refractivity contribution in [3.8, 4) is 5.75 Å². The number of hydrogen-bond acceptors (Lipinski definition) is 5. The summed E-state index contributed by atoms with van der Waals surface area (Å²) >= 11 is 0. The normalized spacial score (nSPS) is 13.3. The van der Waals surface area contributed by atoms with E-state index in [-0.39, 0.29) is 18.9 Å². The molecule has 2 N–H and O–H groups in total. The van der Waals surface area contributed by atoms with Gasteiger partial charge in [0.1, 0.15) is 5.75 Å². The molecule has 0 aliphatic rings. The van der Waals surface area contributed by atoms with E-state index in [9.17, 15) is 57.9 Å². The Hall–Kier alpha value is -3.47. The minimum Gasteiger partial charge on any atom is -0.449 e. The molecule has 0 saturated heterocycles. The van der Waals surface area contributed by atoms with Gasteiger partial charge in [-0.1, -0.05) is 26.7 Å². The molecule has 0 fully saturated rings. The van der Waals surface area contributed by atoms with E-state index in [1.807, 2.05) is 5.32 Å². The summed E-state index contributed by atoms with van der Waals surface area (Å²) in [6.07, 6.45) is -7.32. The number of carbonyl (C=O) groups is 2. The Balaban J connectivity index is 3.34. The van der Waals surface area contributed by atoms with Crippen LogP contribution in [-0.4, -0.2) is 49.3 Å². The maximum Gasteiger partial charge on any atom is 0.460 e. The van der Waals surface area contributed by atoms with Gasteiger partial charge in [-0.3, -0.25) is 10.6 Å². The van der Waals surface area contributed by atoms with Gasteiger partial charge in [0.05, 0.1) is 24.6 Å². The smallest absolute Gasteiger partial charge is 0.449 e. The summed E-state index contributed by atoms with van der Waals surface area (Å²) in [5, 5.41) is 4.18. The summed E-state index contributed by atoms with van der Waals surface area (Å²) in [5.41, 5.74) is -0.840. The Kier molecular flexibility index (Phi) is 11.9. The summed E-state index contributed by atoms with van der Waals surface area (Å²) in [7, 11) is 0. The molecule has 0 unspecified atom stereocenters. The fourth-order valence-electron chi connectivity index (χ4n) is 2.49. The van der Waals surface area contributed by atoms with Gasteiger partial charge < -0.3 is 14.2 Å². The van der Waals surface area contributed by atoms with Crippen molar-refractivity contribution in [2.75, 3.05) is 23.8 Å². The van der Waals surface area contributed by atoms with Crippen molar-refractivity contribution in [1.82, 2.24) is 0 Å². The van der Waals surface area contributed by atoms with Crippen LogP contribution in [0.5, 0.6) is 5.75 Å². The minimum atomic E-state index is -7.48. The van der Waals surface area contributed by atoms with Crippen molar-refractivity contribution >= 4 is 23.6 Å². The zero-order valence-electron chi connectivity index (χ0n) is 20.7. The lowest BCUT2D eigenvalue weighted by atomic mass is 10.0. The number of benzene rings is 1. The molecule has 228 valence electrons. The summed E-state index contributed by atoms with van der Waals surface area (Å²) < 4.78 is 158. The van der Waals surface area contributed by atoms with Crippen molar-refractivity contribution < 1.29 is 72.1 Å². The predicted molar refractivity (Wildman–Crippen MR) is 117 cm³/mol. The third-order valence-corrected chi connectivity index (χ3v) is 4.73. The van der Waals surface area contributed by atoms with Crippen LogP contribution in [0.25, 0.3) is 0 Å². The molecular weight excluding hydrogens is 581 g/mol. The van der Waals surface area contributed by atoms with E-state index >= 15 is 0 Å². The van der Waals surface area contributed by atoms with Gasteiger partial charge in [0, 0.05) is 6.07 Å². The average molecular weight is 604 g/mol. The second-order valence-corrected chi connectivity index (χ2v) is 7.85. The average Bonchev–Trinajstić information content (AvgIpc) is 2.84. The van der Waals surface area contributed by atoms with Crippen molar-refractivity contribution in [1.29, 1.82) is 0 Å². The van der Waals surface area contributed by atoms with E-state index in [4.69, 9.17) is 9.47 Å². The Morgan fingerprint density at radius 3 is 1.68 bits per heavy atom. The first-order chi connectivity index (χ1) is 18.3. The summed E-state index contributed by atoms with van der Waals surface area (Å²) in [5.74, 6) is -27.1. The molecule has 0 heterocycles. The topological polar surface area (TPSA) is 85.9 Å². The number of ether oxygens (including phenoxy) is 3. The number of amides is 2. The van der Waals surface area contributed by atoms with Crippen LogP contribution in [0.3, 0.4) is 0 Å². The molecular formula is C22H23F11N2O5. The van der Waals surface area contributed by atoms with Crippen LogP contribution in [0.2, 0.25) is 0 Å². The molecule has 0 aliphatic carbocycles. The first-order valence-electron chi connectivity index (χ1n) is 11.3. The highest BCUT2D eigenvalue weighted by Gasteiger charge is 2.83. The van der Waals surface area contributed by atoms with Crippen LogP contribution < -0.4 is 15.4 Å². The molecule has 1 aromatic carbocycles. The summed E-state index contributed by atoms with van der Waals surface area (Å²) in [4.78, 5) is 23.9. The lowest BCUT2D eigenvalue weighted by Gasteiger charge is -2.32. The van der Waals surface area contributed by atoms with E-state index in [1.165, 1.54) is 0 Å². The van der Waals surface area contributed by atoms with E-state index < -0.39 is 59.4 Å². The molecule has 0 aromatic heterocycles. The van der Waals surface area contributed by atoms with Gasteiger partial charge in [-0.05, 0) is 25.0 Å². The molecule has 1 rings (SSSR count). The van der Waals surface area contributed by atoms with Crippen LogP contribution in [0.1, 0.15) is 39.5 Å². The first-order valence-corrected chi connectivity index (χ1v) is 11.3. The Morgan fingerprint density at radius 1 is 0.750 bits per heavy atom. The van der Waals surface area contributed by atoms with Crippen molar-refractivity contribution in [2.24, 2.45) is 0 Å². The second-order valence-electron chi connectivity index (χ2n) is 7.85. The van der Waals surface area contributed by atoms with Gasteiger partial charge in [-0.15, -0.1) is 0 Å². The number of rotatable bonds is 13. The minimum absolute atomic E-state index is 0.0210. The highest BCUT2D eigenvalue weighted by atomic mass is 19.4. The number of unbranched alkanes of at least 4 members (excludes halogenated alkanes) is 2. The number of hydrogen-bond donors (Lipinski definition) is 2. The molecule has 7 nitrogen and oxygen atoms in total. The van der Waals surface area contributed by atoms with Gasteiger partial charge in [0.15, 0.2) is 0 Å². The maximum absolute atomic E-state index is 14.0. The lowest BCUT2D eigenvalue weighted by Crippen LogP contribution is -2.61. The molecule has 2 amide bonds. The third kappa shape index (κ3) is 8.27. The SMILES string of the molecule is CCCCOC(=O)Nc1ccc(OC(F)=C(F)C(F)(F)C(F)(F)C(F)(F)C(F)(F)F)cc1NC(=O)OCCCC. The Labute approximate surface area is 219 Å². The highest BCUT2D eigenvalue weighted by molar-refractivity contribution is 5.95. The molecule has 0 saturated carbocycles. The zero-order chi connectivity index (χ0) is 30.9. The molecule has 40 heavy (non-hydrogen) atoms. The highest BCUT2D eigenvalue weighted by Crippen LogP contribution is 2.55. The maximum atomic E-state index is 14.0. The zero-order valence-corrected chi connectivity index (χ0v) is 20.7. The lowest BCUT2D eigenvalue weighted by molar-refractivity contribution is -0.392. The summed E-state index contributed by atoms with van der Waals surface area (Å²) in [6, 6.07) is -1.38. The number of nitrogens with one attached hydrogen (secondary N) is 2. The third-order valence-electron chi connectivity index (χ3n) is 4.73. The van der Waals surface area contributed by atoms with Crippen LogP contribution in [0.4, 0.5) is 69.3 Å². The molecule has 0 spiro atoms. The monoisotopic (exact) mass is 604 g/mol. The fourth-order valence-corrected chi connectivity index (χ4v) is 2.49. The summed E-state index contributed by atoms with van der Waals surface area (Å²) in [6.45, 7) is 3.45.